The van der Waals surface area contributed by atoms with E-state index in [4.69, 9.17) is 0 Å². The molecule has 0 heterocycles. The van der Waals surface area contributed by atoms with Gasteiger partial charge in [-0.25, -0.2) is 0 Å². The summed E-state index contributed by atoms with van der Waals surface area (Å²) in [6.45, 7) is 17.6. The molecule has 154 valence electrons. The van der Waals surface area contributed by atoms with Gasteiger partial charge in [0.2, 0.25) is 0 Å². The number of hydrogen-bond donors (Lipinski definition) is 0. The fourth-order valence-corrected chi connectivity index (χ4v) is 3.45. The molecule has 0 nitrogen and oxygen atoms in total. The fraction of sp³-hybridized carbons (Fsp3) is 0.379. The van der Waals surface area contributed by atoms with Crippen LogP contribution in [0, 0.1) is 12.3 Å². The Bertz CT molecular complexity index is 894. The second kappa shape index (κ2) is 9.44. The molecule has 0 unspecified atom stereocenters. The first kappa shape index (κ1) is 22.9. The summed E-state index contributed by atoms with van der Waals surface area (Å²) in [5, 5.41) is 0. The summed E-state index contributed by atoms with van der Waals surface area (Å²) in [4.78, 5) is 0. The van der Waals surface area contributed by atoms with Crippen LogP contribution < -0.4 is 0 Å². The summed E-state index contributed by atoms with van der Waals surface area (Å²) in [5.41, 5.74) is 8.34. The minimum absolute atomic E-state index is 0.188. The average molecular weight is 387 g/mol. The zero-order chi connectivity index (χ0) is 21.7. The fourth-order valence-electron chi connectivity index (χ4n) is 3.45. The van der Waals surface area contributed by atoms with Gasteiger partial charge in [-0.2, -0.15) is 0 Å². The summed E-state index contributed by atoms with van der Waals surface area (Å²) in [5.74, 6) is 0. The van der Waals surface area contributed by atoms with Gasteiger partial charge in [0.1, 0.15) is 0 Å². The van der Waals surface area contributed by atoms with Crippen LogP contribution >= 0.6 is 0 Å². The van der Waals surface area contributed by atoms with Crippen LogP contribution in [0.2, 0.25) is 0 Å². The Morgan fingerprint density at radius 3 is 2.03 bits per heavy atom. The van der Waals surface area contributed by atoms with Crippen molar-refractivity contribution in [2.45, 2.75) is 67.2 Å². The van der Waals surface area contributed by atoms with Crippen molar-refractivity contribution in [2.24, 2.45) is 5.41 Å². The largest absolute Gasteiger partial charge is 0.0785 e. The molecule has 0 aromatic heterocycles. The van der Waals surface area contributed by atoms with E-state index < -0.39 is 0 Å². The molecule has 0 saturated heterocycles. The average Bonchev–Trinajstić information content (AvgIpc) is 2.68. The van der Waals surface area contributed by atoms with E-state index in [1.54, 1.807) is 0 Å². The Hall–Kier alpha value is -2.34. The number of aryl methyl sites for hydroxylation is 1. The molecule has 2 aromatic carbocycles. The van der Waals surface area contributed by atoms with Crippen molar-refractivity contribution in [3.63, 3.8) is 0 Å². The van der Waals surface area contributed by atoms with E-state index in [2.05, 4.69) is 114 Å². The second-order valence-electron chi connectivity index (χ2n) is 9.50. The van der Waals surface area contributed by atoms with Crippen LogP contribution in [0.1, 0.15) is 82.7 Å². The maximum atomic E-state index is 2.40. The zero-order valence-corrected chi connectivity index (χ0v) is 19.6. The van der Waals surface area contributed by atoms with Gasteiger partial charge in [0.15, 0.2) is 0 Å². The molecular weight excluding hydrogens is 348 g/mol. The maximum Gasteiger partial charge on any atom is -0.00626 e. The van der Waals surface area contributed by atoms with Crippen molar-refractivity contribution in [1.82, 2.24) is 0 Å². The van der Waals surface area contributed by atoms with Crippen molar-refractivity contribution in [3.05, 3.63) is 88.5 Å². The molecule has 1 aliphatic carbocycles. The van der Waals surface area contributed by atoms with Crippen LogP contribution in [-0.2, 0) is 5.41 Å². The van der Waals surface area contributed by atoms with E-state index in [0.717, 1.165) is 6.42 Å². The molecule has 0 fully saturated rings. The zero-order valence-electron chi connectivity index (χ0n) is 19.6. The Balaban J connectivity index is 0.00000145. The molecule has 2 aromatic rings. The van der Waals surface area contributed by atoms with Gasteiger partial charge in [0.25, 0.3) is 0 Å². The highest BCUT2D eigenvalue weighted by Crippen LogP contribution is 2.40. The number of fused-ring (bicyclic) bond motifs is 1. The third-order valence-corrected chi connectivity index (χ3v) is 5.22. The lowest BCUT2D eigenvalue weighted by Gasteiger charge is -2.32. The Morgan fingerprint density at radius 1 is 0.828 bits per heavy atom. The van der Waals surface area contributed by atoms with Gasteiger partial charge in [-0.3, -0.25) is 0 Å². The van der Waals surface area contributed by atoms with E-state index in [0.29, 0.717) is 0 Å². The summed E-state index contributed by atoms with van der Waals surface area (Å²) >= 11 is 0. The minimum atomic E-state index is 0.188. The molecule has 1 aliphatic rings. The molecule has 0 N–H and O–H groups in total. The van der Waals surface area contributed by atoms with E-state index in [9.17, 15) is 0 Å². The third-order valence-electron chi connectivity index (χ3n) is 5.22. The van der Waals surface area contributed by atoms with Crippen LogP contribution in [0.15, 0.2) is 60.7 Å². The summed E-state index contributed by atoms with van der Waals surface area (Å²) in [7, 11) is 0. The monoisotopic (exact) mass is 386 g/mol. The normalized spacial score (nSPS) is 15.7. The molecular formula is C29H38. The lowest BCUT2D eigenvalue weighted by atomic mass is 9.72. The first-order valence-electron chi connectivity index (χ1n) is 10.9. The molecule has 29 heavy (non-hydrogen) atoms. The smallest absolute Gasteiger partial charge is 0.00626 e. The molecule has 0 radical (unpaired) electrons. The number of allylic oxidation sites excluding steroid dienone is 4. The number of hydrogen-bond acceptors (Lipinski definition) is 0. The SMILES string of the molecule is CC.Cc1ccc(/C=C/c2ccc3c(c2)C(/C=C\C(C)(C)C)=CCC3(C)C)cc1. The highest BCUT2D eigenvalue weighted by atomic mass is 14.3. The van der Waals surface area contributed by atoms with Crippen molar-refractivity contribution < 1.29 is 0 Å². The second-order valence-corrected chi connectivity index (χ2v) is 9.50. The van der Waals surface area contributed by atoms with Crippen LogP contribution in [0.3, 0.4) is 0 Å². The predicted molar refractivity (Wildman–Crippen MR) is 132 cm³/mol. The molecule has 0 spiro atoms. The van der Waals surface area contributed by atoms with Gasteiger partial charge in [0.05, 0.1) is 0 Å². The van der Waals surface area contributed by atoms with E-state index in [1.807, 2.05) is 13.8 Å². The lowest BCUT2D eigenvalue weighted by Crippen LogP contribution is -2.21. The highest BCUT2D eigenvalue weighted by molar-refractivity contribution is 5.81. The Kier molecular flexibility index (Phi) is 7.47. The van der Waals surface area contributed by atoms with Crippen LogP contribution in [-0.4, -0.2) is 0 Å². The molecule has 0 amide bonds. The highest BCUT2D eigenvalue weighted by Gasteiger charge is 2.27. The van der Waals surface area contributed by atoms with Gasteiger partial charge in [-0.1, -0.05) is 121 Å². The molecule has 0 saturated carbocycles. The maximum absolute atomic E-state index is 2.40. The molecule has 0 aliphatic heterocycles. The molecule has 0 atom stereocenters. The van der Waals surface area contributed by atoms with Crippen LogP contribution in [0.25, 0.3) is 17.7 Å². The van der Waals surface area contributed by atoms with Crippen molar-refractivity contribution >= 4 is 17.7 Å². The first-order chi connectivity index (χ1) is 13.6. The van der Waals surface area contributed by atoms with Gasteiger partial charge in [0, 0.05) is 0 Å². The summed E-state index contributed by atoms with van der Waals surface area (Å²) in [6, 6.07) is 15.6. The van der Waals surface area contributed by atoms with E-state index in [-0.39, 0.29) is 10.8 Å². The minimum Gasteiger partial charge on any atom is -0.0785 e. The Labute approximate surface area is 179 Å². The van der Waals surface area contributed by atoms with Crippen LogP contribution in [0.4, 0.5) is 0 Å². The summed E-state index contributed by atoms with van der Waals surface area (Å²) < 4.78 is 0. The van der Waals surface area contributed by atoms with E-state index in [1.165, 1.54) is 33.4 Å². The predicted octanol–water partition coefficient (Wildman–Crippen LogP) is 8.86. The standard InChI is InChI=1S/C27H32.C2H6/c1-20-7-9-21(10-8-20)11-12-22-13-14-25-24(19-22)23(15-17-26(2,3)4)16-18-27(25,5)6;1-2/h7-17,19H,18H2,1-6H3;1-2H3/b12-11+,17-15-;. The Morgan fingerprint density at radius 2 is 1.41 bits per heavy atom. The topological polar surface area (TPSA) is 0 Å². The van der Waals surface area contributed by atoms with Crippen molar-refractivity contribution in [2.75, 3.05) is 0 Å². The molecule has 3 rings (SSSR count). The van der Waals surface area contributed by atoms with Crippen molar-refractivity contribution in [1.29, 1.82) is 0 Å². The van der Waals surface area contributed by atoms with Gasteiger partial charge in [-0.15, -0.1) is 0 Å². The quantitative estimate of drug-likeness (QED) is 0.462. The lowest BCUT2D eigenvalue weighted by molar-refractivity contribution is 0.527. The van der Waals surface area contributed by atoms with Gasteiger partial charge in [-0.05, 0) is 58.1 Å². The first-order valence-corrected chi connectivity index (χ1v) is 10.9. The molecule has 0 heteroatoms. The summed E-state index contributed by atoms with van der Waals surface area (Å²) in [6.07, 6.45) is 12.5. The van der Waals surface area contributed by atoms with Gasteiger partial charge >= 0.3 is 0 Å². The van der Waals surface area contributed by atoms with Gasteiger partial charge < -0.3 is 0 Å². The van der Waals surface area contributed by atoms with Crippen LogP contribution in [0.5, 0.6) is 0 Å². The van der Waals surface area contributed by atoms with Crippen molar-refractivity contribution in [3.8, 4) is 0 Å². The van der Waals surface area contributed by atoms with E-state index >= 15 is 0 Å². The third kappa shape index (κ3) is 6.32. The number of rotatable bonds is 3. The number of benzene rings is 2. The molecule has 0 bridgehead atoms.